The summed E-state index contributed by atoms with van der Waals surface area (Å²) >= 11 is 0. The van der Waals surface area contributed by atoms with Crippen LogP contribution in [-0.2, 0) is 4.79 Å². The van der Waals surface area contributed by atoms with Crippen molar-refractivity contribution in [1.82, 2.24) is 10.6 Å². The molecule has 94 valence electrons. The molecular weight excluding hydrogens is 200 g/mol. The highest BCUT2D eigenvalue weighted by Gasteiger charge is 2.38. The topological polar surface area (TPSA) is 41.1 Å². The molecule has 16 heavy (non-hydrogen) atoms. The van der Waals surface area contributed by atoms with Gasteiger partial charge >= 0.3 is 0 Å². The largest absolute Gasteiger partial charge is 0.353 e. The lowest BCUT2D eigenvalue weighted by molar-refractivity contribution is -0.133. The first kappa shape index (κ1) is 13.5. The molecule has 1 amide bonds. The van der Waals surface area contributed by atoms with Crippen molar-refractivity contribution in [2.24, 2.45) is 11.3 Å². The third-order valence-corrected chi connectivity index (χ3v) is 3.99. The van der Waals surface area contributed by atoms with Crippen molar-refractivity contribution in [1.29, 1.82) is 0 Å². The van der Waals surface area contributed by atoms with E-state index in [1.807, 2.05) is 0 Å². The summed E-state index contributed by atoms with van der Waals surface area (Å²) in [5.41, 5.74) is -0.165. The molecule has 0 radical (unpaired) electrons. The maximum Gasteiger partial charge on any atom is 0.227 e. The fraction of sp³-hybridized carbons (Fsp3) is 0.923. The van der Waals surface area contributed by atoms with E-state index in [1.54, 1.807) is 0 Å². The molecule has 0 aromatic rings. The lowest BCUT2D eigenvalue weighted by atomic mass is 9.77. The van der Waals surface area contributed by atoms with E-state index in [2.05, 4.69) is 38.3 Å². The van der Waals surface area contributed by atoms with E-state index < -0.39 is 0 Å². The molecule has 1 saturated heterocycles. The smallest absolute Gasteiger partial charge is 0.227 e. The van der Waals surface area contributed by atoms with Gasteiger partial charge in [-0.05, 0) is 38.6 Å². The van der Waals surface area contributed by atoms with Crippen LogP contribution in [0, 0.1) is 11.3 Å². The molecule has 0 spiro atoms. The van der Waals surface area contributed by atoms with Gasteiger partial charge in [0, 0.05) is 12.6 Å². The molecule has 2 N–H and O–H groups in total. The van der Waals surface area contributed by atoms with E-state index >= 15 is 0 Å². The van der Waals surface area contributed by atoms with Crippen LogP contribution >= 0.6 is 0 Å². The first-order valence-electron chi connectivity index (χ1n) is 6.53. The molecule has 1 aliphatic rings. The predicted molar refractivity (Wildman–Crippen MR) is 67.3 cm³/mol. The van der Waals surface area contributed by atoms with Gasteiger partial charge in [0.1, 0.15) is 0 Å². The minimum atomic E-state index is -0.165. The van der Waals surface area contributed by atoms with Gasteiger partial charge in [-0.1, -0.05) is 20.8 Å². The number of hydrogen-bond donors (Lipinski definition) is 2. The molecule has 2 unspecified atom stereocenters. The highest BCUT2D eigenvalue weighted by Crippen LogP contribution is 2.30. The van der Waals surface area contributed by atoms with Crippen LogP contribution in [0.5, 0.6) is 0 Å². The SMILES string of the molecule is CCC1(C(=O)NC(C)C(C)C)CCCNC1. The van der Waals surface area contributed by atoms with Gasteiger partial charge in [-0.15, -0.1) is 0 Å². The summed E-state index contributed by atoms with van der Waals surface area (Å²) < 4.78 is 0. The Morgan fingerprint density at radius 2 is 2.12 bits per heavy atom. The fourth-order valence-corrected chi connectivity index (χ4v) is 2.15. The fourth-order valence-electron chi connectivity index (χ4n) is 2.15. The van der Waals surface area contributed by atoms with Crippen LogP contribution in [0.15, 0.2) is 0 Å². The molecule has 1 aliphatic heterocycles. The van der Waals surface area contributed by atoms with E-state index in [4.69, 9.17) is 0 Å². The zero-order chi connectivity index (χ0) is 12.2. The van der Waals surface area contributed by atoms with Gasteiger partial charge in [-0.25, -0.2) is 0 Å². The Kier molecular flexibility index (Phi) is 4.78. The van der Waals surface area contributed by atoms with Gasteiger partial charge in [0.05, 0.1) is 5.41 Å². The first-order chi connectivity index (χ1) is 7.52. The first-order valence-corrected chi connectivity index (χ1v) is 6.53. The molecule has 3 heteroatoms. The molecule has 0 saturated carbocycles. The lowest BCUT2D eigenvalue weighted by Crippen LogP contribution is -2.52. The second-order valence-corrected chi connectivity index (χ2v) is 5.42. The number of amides is 1. The van der Waals surface area contributed by atoms with Gasteiger partial charge in [0.25, 0.3) is 0 Å². The third-order valence-electron chi connectivity index (χ3n) is 3.99. The minimum absolute atomic E-state index is 0.165. The van der Waals surface area contributed by atoms with Gasteiger partial charge in [-0.2, -0.15) is 0 Å². The van der Waals surface area contributed by atoms with E-state index in [0.29, 0.717) is 5.92 Å². The van der Waals surface area contributed by atoms with Crippen molar-refractivity contribution in [2.75, 3.05) is 13.1 Å². The summed E-state index contributed by atoms with van der Waals surface area (Å²) in [7, 11) is 0. The molecule has 1 heterocycles. The number of hydrogen-bond acceptors (Lipinski definition) is 2. The molecule has 1 fully saturated rings. The number of carbonyl (C=O) groups is 1. The van der Waals surface area contributed by atoms with Crippen molar-refractivity contribution in [3.63, 3.8) is 0 Å². The monoisotopic (exact) mass is 226 g/mol. The van der Waals surface area contributed by atoms with Crippen molar-refractivity contribution < 1.29 is 4.79 Å². The van der Waals surface area contributed by atoms with Crippen molar-refractivity contribution >= 4 is 5.91 Å². The molecular formula is C13H26N2O. The molecule has 0 aromatic heterocycles. The average Bonchev–Trinajstić information content (AvgIpc) is 2.29. The molecule has 0 bridgehead atoms. The summed E-state index contributed by atoms with van der Waals surface area (Å²) in [5, 5.41) is 6.51. The van der Waals surface area contributed by atoms with Crippen molar-refractivity contribution in [3.8, 4) is 0 Å². The van der Waals surface area contributed by atoms with Crippen molar-refractivity contribution in [3.05, 3.63) is 0 Å². The van der Waals surface area contributed by atoms with Gasteiger partial charge < -0.3 is 10.6 Å². The van der Waals surface area contributed by atoms with E-state index in [0.717, 1.165) is 32.4 Å². The molecule has 1 rings (SSSR count). The van der Waals surface area contributed by atoms with Crippen LogP contribution in [0.1, 0.15) is 47.0 Å². The van der Waals surface area contributed by atoms with Gasteiger partial charge in [0.15, 0.2) is 0 Å². The van der Waals surface area contributed by atoms with E-state index in [-0.39, 0.29) is 17.4 Å². The van der Waals surface area contributed by atoms with Crippen LogP contribution in [0.3, 0.4) is 0 Å². The normalized spacial score (nSPS) is 27.8. The Morgan fingerprint density at radius 1 is 1.44 bits per heavy atom. The quantitative estimate of drug-likeness (QED) is 0.769. The summed E-state index contributed by atoms with van der Waals surface area (Å²) in [4.78, 5) is 12.3. The molecule has 0 aliphatic carbocycles. The second kappa shape index (κ2) is 5.67. The number of nitrogens with one attached hydrogen (secondary N) is 2. The Balaban J connectivity index is 2.61. The van der Waals surface area contributed by atoms with Crippen LogP contribution < -0.4 is 10.6 Å². The standard InChI is InChI=1S/C13H26N2O/c1-5-13(7-6-8-14-9-13)12(16)15-11(4)10(2)3/h10-11,14H,5-9H2,1-4H3,(H,15,16). The van der Waals surface area contributed by atoms with E-state index in [1.165, 1.54) is 0 Å². The maximum atomic E-state index is 12.3. The van der Waals surface area contributed by atoms with Crippen LogP contribution in [0.2, 0.25) is 0 Å². The van der Waals surface area contributed by atoms with E-state index in [9.17, 15) is 4.79 Å². The minimum Gasteiger partial charge on any atom is -0.353 e. The zero-order valence-corrected chi connectivity index (χ0v) is 11.1. The van der Waals surface area contributed by atoms with Gasteiger partial charge in [-0.3, -0.25) is 4.79 Å². The Labute approximate surface area is 99.4 Å². The molecule has 2 atom stereocenters. The van der Waals surface area contributed by atoms with Crippen LogP contribution in [0.4, 0.5) is 0 Å². The zero-order valence-electron chi connectivity index (χ0n) is 11.1. The van der Waals surface area contributed by atoms with Gasteiger partial charge in [0.2, 0.25) is 5.91 Å². The summed E-state index contributed by atoms with van der Waals surface area (Å²) in [6, 6.07) is 0.262. The number of rotatable bonds is 4. The third kappa shape index (κ3) is 2.97. The Bertz CT molecular complexity index is 232. The average molecular weight is 226 g/mol. The number of piperidine rings is 1. The predicted octanol–water partition coefficient (Wildman–Crippen LogP) is 1.93. The maximum absolute atomic E-state index is 12.3. The summed E-state index contributed by atoms with van der Waals surface area (Å²) in [5.74, 6) is 0.734. The Hall–Kier alpha value is -0.570. The summed E-state index contributed by atoms with van der Waals surface area (Å²) in [6.07, 6.45) is 3.06. The highest BCUT2D eigenvalue weighted by atomic mass is 16.2. The lowest BCUT2D eigenvalue weighted by Gasteiger charge is -2.36. The Morgan fingerprint density at radius 3 is 2.56 bits per heavy atom. The van der Waals surface area contributed by atoms with Crippen molar-refractivity contribution in [2.45, 2.75) is 53.0 Å². The number of carbonyl (C=O) groups excluding carboxylic acids is 1. The highest BCUT2D eigenvalue weighted by molar-refractivity contribution is 5.83. The molecule has 3 nitrogen and oxygen atoms in total. The van der Waals surface area contributed by atoms with Crippen LogP contribution in [-0.4, -0.2) is 25.0 Å². The second-order valence-electron chi connectivity index (χ2n) is 5.42. The summed E-state index contributed by atoms with van der Waals surface area (Å²) in [6.45, 7) is 10.4. The molecule has 0 aromatic carbocycles. The van der Waals surface area contributed by atoms with Crippen LogP contribution in [0.25, 0.3) is 0 Å².